The van der Waals surface area contributed by atoms with Crippen LogP contribution in [0.1, 0.15) is 103 Å². The molecule has 0 saturated heterocycles. The van der Waals surface area contributed by atoms with E-state index in [2.05, 4.69) is 265 Å². The molecule has 1 aromatic heterocycles. The fourth-order valence-electron chi connectivity index (χ4n) is 14.1. The summed E-state index contributed by atoms with van der Waals surface area (Å²) in [4.78, 5) is 7.99. The molecule has 4 heterocycles. The minimum absolute atomic E-state index is 0.0331. The molecule has 10 aromatic rings. The fraction of sp³-hybridized carbons (Fsp3) is 0.239. The maximum Gasteiger partial charge on any atom is 0.252 e. The predicted octanol–water partition coefficient (Wildman–Crippen LogP) is 17.6. The van der Waals surface area contributed by atoms with Crippen LogP contribution >= 0.6 is 0 Å². The van der Waals surface area contributed by atoms with Gasteiger partial charge < -0.3 is 19.1 Å². The average molecular weight is 988 g/mol. The molecule has 1 aliphatic carbocycles. The Morgan fingerprint density at radius 3 is 1.82 bits per heavy atom. The van der Waals surface area contributed by atoms with Gasteiger partial charge in [0.2, 0.25) is 0 Å². The minimum atomic E-state index is -0.132. The third-order valence-electron chi connectivity index (χ3n) is 18.3. The number of furan rings is 1. The van der Waals surface area contributed by atoms with E-state index in [0.29, 0.717) is 0 Å². The first kappa shape index (κ1) is 46.8. The van der Waals surface area contributed by atoms with Crippen LogP contribution in [0.4, 0.5) is 45.5 Å². The molecule has 0 bridgehead atoms. The highest BCUT2D eigenvalue weighted by atomic mass is 16.3. The summed E-state index contributed by atoms with van der Waals surface area (Å²) in [5, 5.41) is 2.25. The molecule has 4 nitrogen and oxygen atoms in total. The minimum Gasteiger partial charge on any atom is -0.456 e. The number of anilines is 8. The molecule has 9 aromatic carbocycles. The van der Waals surface area contributed by atoms with E-state index in [4.69, 9.17) is 4.42 Å². The largest absolute Gasteiger partial charge is 0.456 e. The van der Waals surface area contributed by atoms with Gasteiger partial charge in [0.1, 0.15) is 11.2 Å². The van der Waals surface area contributed by atoms with Gasteiger partial charge in [0, 0.05) is 61.6 Å². The first-order valence-electron chi connectivity index (χ1n) is 27.7. The standard InChI is InChI=1S/C71H66BN3O/c1-45-38-63-67-64(39-45)74(59-34-28-49(68(2,3)4)41-54(59)47-22-14-11-15-23-47)61-42-50(69(5,6)7)27-31-57(61)72(67)58-32-29-52(44-62(58)73(63)51-30-35-66-55(43-51)53-24-16-17-25-65(53)76-66)75-60-33-26-48(46-20-12-10-13-21-46)40-56(60)70(8)36-18-19-37-71(70,75)9/h10-17,20-35,38-44H,18-19,36-37H2,1-9H3. The molecule has 5 heteroatoms. The van der Waals surface area contributed by atoms with E-state index >= 15 is 0 Å². The van der Waals surface area contributed by atoms with Gasteiger partial charge in [-0.3, -0.25) is 0 Å². The lowest BCUT2D eigenvalue weighted by atomic mass is 9.33. The smallest absolute Gasteiger partial charge is 0.252 e. The van der Waals surface area contributed by atoms with Crippen molar-refractivity contribution >= 4 is 90.5 Å². The van der Waals surface area contributed by atoms with Crippen LogP contribution in [-0.4, -0.2) is 12.3 Å². The second-order valence-electron chi connectivity index (χ2n) is 25.0. The van der Waals surface area contributed by atoms with Crippen molar-refractivity contribution in [2.45, 2.75) is 110 Å². The Hall–Kier alpha value is -7.76. The molecule has 1 fully saturated rings. The Balaban J connectivity index is 1.05. The number of nitrogens with zero attached hydrogens (tertiary/aromatic N) is 3. The van der Waals surface area contributed by atoms with Gasteiger partial charge in [0.05, 0.1) is 11.2 Å². The Bertz CT molecular complexity index is 3990. The summed E-state index contributed by atoms with van der Waals surface area (Å²) in [7, 11) is 0. The molecule has 3 aliphatic heterocycles. The number of fused-ring (bicyclic) bond motifs is 10. The maximum atomic E-state index is 6.52. The van der Waals surface area contributed by atoms with E-state index in [-0.39, 0.29) is 28.5 Å². The normalized spacial score (nSPS) is 18.6. The van der Waals surface area contributed by atoms with Gasteiger partial charge in [-0.15, -0.1) is 0 Å². The summed E-state index contributed by atoms with van der Waals surface area (Å²) in [6.45, 7) is 21.4. The number of para-hydroxylation sites is 1. The van der Waals surface area contributed by atoms with Crippen LogP contribution in [0.15, 0.2) is 192 Å². The molecule has 2 unspecified atom stereocenters. The molecule has 0 radical (unpaired) electrons. The fourth-order valence-corrected chi connectivity index (χ4v) is 14.1. The van der Waals surface area contributed by atoms with Crippen LogP contribution in [0.3, 0.4) is 0 Å². The molecule has 374 valence electrons. The van der Waals surface area contributed by atoms with Crippen LogP contribution in [0, 0.1) is 6.92 Å². The van der Waals surface area contributed by atoms with Crippen LogP contribution in [-0.2, 0) is 16.2 Å². The Morgan fingerprint density at radius 1 is 0.461 bits per heavy atom. The van der Waals surface area contributed by atoms with Gasteiger partial charge in [0.15, 0.2) is 0 Å². The monoisotopic (exact) mass is 988 g/mol. The number of hydrogen-bond donors (Lipinski definition) is 0. The topological polar surface area (TPSA) is 22.9 Å². The van der Waals surface area contributed by atoms with Gasteiger partial charge in [-0.25, -0.2) is 0 Å². The summed E-state index contributed by atoms with van der Waals surface area (Å²) in [6, 6.07) is 71.7. The first-order valence-corrected chi connectivity index (χ1v) is 27.7. The van der Waals surface area contributed by atoms with E-state index in [1.807, 2.05) is 0 Å². The van der Waals surface area contributed by atoms with Gasteiger partial charge in [-0.2, -0.15) is 0 Å². The van der Waals surface area contributed by atoms with E-state index in [1.54, 1.807) is 0 Å². The van der Waals surface area contributed by atoms with Crippen molar-refractivity contribution in [3.63, 3.8) is 0 Å². The molecular weight excluding hydrogens is 922 g/mol. The average Bonchev–Trinajstić information content (AvgIpc) is 3.90. The molecule has 14 rings (SSSR count). The van der Waals surface area contributed by atoms with Crippen molar-refractivity contribution in [3.8, 4) is 22.3 Å². The summed E-state index contributed by atoms with van der Waals surface area (Å²) >= 11 is 0. The third kappa shape index (κ3) is 6.89. The van der Waals surface area contributed by atoms with Crippen molar-refractivity contribution in [2.24, 2.45) is 0 Å². The van der Waals surface area contributed by atoms with Gasteiger partial charge in [-0.05, 0) is 172 Å². The highest BCUT2D eigenvalue weighted by Gasteiger charge is 2.58. The zero-order valence-electron chi connectivity index (χ0n) is 45.6. The van der Waals surface area contributed by atoms with Crippen molar-refractivity contribution in [1.29, 1.82) is 0 Å². The third-order valence-corrected chi connectivity index (χ3v) is 18.3. The number of rotatable bonds is 5. The SMILES string of the molecule is Cc1cc2c3c(c1)N(c1ccc(C(C)(C)C)cc1-c1ccccc1)c1cc(C(C)(C)C)ccc1B3c1ccc(N3c4ccc(-c5ccccc5)cc4C4(C)CCCCC34C)cc1N2c1ccc2oc3ccccc3c2c1. The molecule has 2 atom stereocenters. The van der Waals surface area contributed by atoms with E-state index in [0.717, 1.165) is 40.5 Å². The van der Waals surface area contributed by atoms with E-state index in [9.17, 15) is 0 Å². The number of aryl methyl sites for hydroxylation is 1. The quantitative estimate of drug-likeness (QED) is 0.160. The van der Waals surface area contributed by atoms with Gasteiger partial charge in [-0.1, -0.05) is 171 Å². The Morgan fingerprint density at radius 2 is 1.07 bits per heavy atom. The summed E-state index contributed by atoms with van der Waals surface area (Å²) in [6.07, 6.45) is 4.73. The molecule has 4 aliphatic rings. The molecular formula is C71H66BN3O. The van der Waals surface area contributed by atoms with Crippen molar-refractivity contribution < 1.29 is 4.42 Å². The lowest BCUT2D eigenvalue weighted by Crippen LogP contribution is -2.61. The summed E-state index contributed by atoms with van der Waals surface area (Å²) in [5.74, 6) is 0. The Labute approximate surface area is 449 Å². The summed E-state index contributed by atoms with van der Waals surface area (Å²) in [5.41, 5.74) is 25.6. The molecule has 1 saturated carbocycles. The molecule has 0 N–H and O–H groups in total. The van der Waals surface area contributed by atoms with Crippen molar-refractivity contribution in [2.75, 3.05) is 14.7 Å². The van der Waals surface area contributed by atoms with Crippen molar-refractivity contribution in [1.82, 2.24) is 0 Å². The van der Waals surface area contributed by atoms with E-state index < -0.39 is 0 Å². The highest BCUT2D eigenvalue weighted by Crippen LogP contribution is 2.62. The molecule has 0 amide bonds. The predicted molar refractivity (Wildman–Crippen MR) is 324 cm³/mol. The van der Waals surface area contributed by atoms with Crippen molar-refractivity contribution in [3.05, 3.63) is 210 Å². The number of hydrogen-bond acceptors (Lipinski definition) is 4. The zero-order chi connectivity index (χ0) is 52.0. The lowest BCUT2D eigenvalue weighted by Gasteiger charge is -2.50. The molecule has 0 spiro atoms. The van der Waals surface area contributed by atoms with Crippen LogP contribution < -0.4 is 31.1 Å². The highest BCUT2D eigenvalue weighted by molar-refractivity contribution is 7.00. The molecule has 76 heavy (non-hydrogen) atoms. The van der Waals surface area contributed by atoms with Gasteiger partial charge in [0.25, 0.3) is 6.71 Å². The van der Waals surface area contributed by atoms with Crippen LogP contribution in [0.25, 0.3) is 44.2 Å². The second kappa shape index (κ2) is 16.6. The first-order chi connectivity index (χ1) is 36.6. The maximum absolute atomic E-state index is 6.52. The lowest BCUT2D eigenvalue weighted by molar-refractivity contribution is 0.195. The van der Waals surface area contributed by atoms with Crippen LogP contribution in [0.5, 0.6) is 0 Å². The number of benzene rings is 9. The zero-order valence-corrected chi connectivity index (χ0v) is 45.6. The Kier molecular flexibility index (Phi) is 10.2. The van der Waals surface area contributed by atoms with Gasteiger partial charge >= 0.3 is 0 Å². The second-order valence-corrected chi connectivity index (χ2v) is 25.0. The van der Waals surface area contributed by atoms with Crippen LogP contribution in [0.2, 0.25) is 0 Å². The van der Waals surface area contributed by atoms with E-state index in [1.165, 1.54) is 114 Å². The summed E-state index contributed by atoms with van der Waals surface area (Å²) < 4.78 is 6.52.